The Labute approximate surface area is 202 Å². The lowest BCUT2D eigenvalue weighted by molar-refractivity contribution is 0.0114. The zero-order chi connectivity index (χ0) is 24.7. The average Bonchev–Trinajstić information content (AvgIpc) is 2.85. The number of nitrogen functional groups attached to an aromatic ring is 1. The molecule has 0 aliphatic carbocycles. The molecular weight excluding hydrogens is 452 g/mol. The van der Waals surface area contributed by atoms with Gasteiger partial charge in [0.1, 0.15) is 23.1 Å². The number of nitrogens with zero attached hydrogens (tertiary/aromatic N) is 3. The summed E-state index contributed by atoms with van der Waals surface area (Å²) in [5, 5.41) is 2.70. The van der Waals surface area contributed by atoms with Crippen molar-refractivity contribution in [2.24, 2.45) is 5.92 Å². The van der Waals surface area contributed by atoms with Crippen molar-refractivity contribution < 1.29 is 18.3 Å². The van der Waals surface area contributed by atoms with E-state index >= 15 is 4.39 Å². The molecule has 1 aromatic heterocycles. The molecule has 0 bridgehead atoms. The van der Waals surface area contributed by atoms with Crippen molar-refractivity contribution in [3.8, 4) is 22.5 Å². The van der Waals surface area contributed by atoms with E-state index in [0.29, 0.717) is 49.7 Å². The van der Waals surface area contributed by atoms with Crippen LogP contribution in [-0.2, 0) is 11.2 Å². The van der Waals surface area contributed by atoms with Crippen LogP contribution in [0, 0.1) is 17.6 Å². The molecule has 9 heteroatoms. The number of carbonyl (C=O) groups is 1. The molecule has 2 aliphatic rings. The maximum atomic E-state index is 15.3. The number of morpholine rings is 1. The molecule has 35 heavy (non-hydrogen) atoms. The summed E-state index contributed by atoms with van der Waals surface area (Å²) in [7, 11) is 0. The Hall–Kier alpha value is -3.59. The maximum absolute atomic E-state index is 15.3. The lowest BCUT2D eigenvalue weighted by Crippen LogP contribution is -2.44. The van der Waals surface area contributed by atoms with Crippen molar-refractivity contribution in [1.82, 2.24) is 15.3 Å². The molecule has 182 valence electrons. The fourth-order valence-corrected chi connectivity index (χ4v) is 4.57. The predicted molar refractivity (Wildman–Crippen MR) is 130 cm³/mol. The van der Waals surface area contributed by atoms with Crippen LogP contribution in [0.5, 0.6) is 0 Å². The molecular formula is C26H27F2N5O2. The summed E-state index contributed by atoms with van der Waals surface area (Å²) in [6.07, 6.45) is 2.04. The summed E-state index contributed by atoms with van der Waals surface area (Å²) in [4.78, 5) is 22.8. The molecule has 2 aromatic carbocycles. The molecule has 1 amide bonds. The van der Waals surface area contributed by atoms with Gasteiger partial charge in [-0.25, -0.2) is 18.7 Å². The standard InChI is InChI=1S/C26H27F2N5O2/c1-14(2)23-13-33(7-8-35-23)16-3-4-17(20(27)10-16)22-12-31-25(29)24(32-22)19-9-15-5-6-30-26(34)18(15)11-21(19)28/h3-4,9-12,14,23H,5-8,13H2,1-2H3,(H2,29,31)(H,30,34)/t23-/m0/s1. The van der Waals surface area contributed by atoms with E-state index in [1.54, 1.807) is 12.1 Å². The van der Waals surface area contributed by atoms with Crippen LogP contribution >= 0.6 is 0 Å². The minimum atomic E-state index is -0.637. The Kier molecular flexibility index (Phi) is 6.10. The second-order valence-electron chi connectivity index (χ2n) is 9.25. The van der Waals surface area contributed by atoms with E-state index in [4.69, 9.17) is 10.5 Å². The zero-order valence-electron chi connectivity index (χ0n) is 19.6. The first-order valence-corrected chi connectivity index (χ1v) is 11.7. The normalized spacial score (nSPS) is 17.9. The summed E-state index contributed by atoms with van der Waals surface area (Å²) >= 11 is 0. The molecule has 1 saturated heterocycles. The lowest BCUT2D eigenvalue weighted by atomic mass is 9.96. The summed E-state index contributed by atoms with van der Waals surface area (Å²) in [6, 6.07) is 7.75. The number of halogens is 2. The summed E-state index contributed by atoms with van der Waals surface area (Å²) in [5.74, 6) is -1.02. The molecule has 1 atom stereocenters. The van der Waals surface area contributed by atoms with E-state index in [9.17, 15) is 9.18 Å². The predicted octanol–water partition coefficient (Wildman–Crippen LogP) is 3.82. The van der Waals surface area contributed by atoms with Gasteiger partial charge < -0.3 is 20.7 Å². The van der Waals surface area contributed by atoms with Gasteiger partial charge >= 0.3 is 0 Å². The molecule has 7 nitrogen and oxygen atoms in total. The van der Waals surface area contributed by atoms with E-state index in [1.807, 2.05) is 6.07 Å². The Morgan fingerprint density at radius 1 is 1.14 bits per heavy atom. The van der Waals surface area contributed by atoms with Gasteiger partial charge in [0, 0.05) is 42.0 Å². The highest BCUT2D eigenvalue weighted by atomic mass is 19.1. The minimum Gasteiger partial charge on any atom is -0.382 e. The molecule has 3 N–H and O–H groups in total. The van der Waals surface area contributed by atoms with E-state index < -0.39 is 11.6 Å². The van der Waals surface area contributed by atoms with E-state index in [1.165, 1.54) is 18.3 Å². The second-order valence-corrected chi connectivity index (χ2v) is 9.25. The van der Waals surface area contributed by atoms with Crippen LogP contribution in [-0.4, -0.2) is 48.2 Å². The Bertz CT molecular complexity index is 1300. The van der Waals surface area contributed by atoms with Crippen molar-refractivity contribution >= 4 is 17.4 Å². The molecule has 0 radical (unpaired) electrons. The number of nitrogens with two attached hydrogens (primary N) is 1. The number of rotatable bonds is 4. The van der Waals surface area contributed by atoms with Crippen LogP contribution in [0.2, 0.25) is 0 Å². The Morgan fingerprint density at radius 3 is 2.71 bits per heavy atom. The van der Waals surface area contributed by atoms with Gasteiger partial charge in [0.25, 0.3) is 5.91 Å². The maximum Gasteiger partial charge on any atom is 0.251 e. The molecule has 3 aromatic rings. The summed E-state index contributed by atoms with van der Waals surface area (Å²) < 4.78 is 36.0. The van der Waals surface area contributed by atoms with Crippen molar-refractivity contribution in [3.63, 3.8) is 0 Å². The fourth-order valence-electron chi connectivity index (χ4n) is 4.57. The number of benzene rings is 2. The third-order valence-electron chi connectivity index (χ3n) is 6.60. The number of hydrogen-bond donors (Lipinski definition) is 2. The number of hydrogen-bond acceptors (Lipinski definition) is 6. The SMILES string of the molecule is CC(C)[C@@H]1CN(c2ccc(-c3cnc(N)c(-c4cc5c(cc4F)C(=O)NCC5)n3)c(F)c2)CCO1. The number of anilines is 2. The van der Waals surface area contributed by atoms with Crippen LogP contribution < -0.4 is 16.0 Å². The van der Waals surface area contributed by atoms with Crippen LogP contribution in [0.4, 0.5) is 20.3 Å². The van der Waals surface area contributed by atoms with Crippen molar-refractivity contribution in [1.29, 1.82) is 0 Å². The van der Waals surface area contributed by atoms with Crippen LogP contribution in [0.15, 0.2) is 36.5 Å². The third-order valence-corrected chi connectivity index (χ3v) is 6.60. The number of nitrogens with one attached hydrogen (secondary N) is 1. The fraction of sp³-hybridized carbons (Fsp3) is 0.346. The molecule has 1 fully saturated rings. The van der Waals surface area contributed by atoms with Gasteiger partial charge in [0.05, 0.1) is 24.6 Å². The molecule has 0 saturated carbocycles. The summed E-state index contributed by atoms with van der Waals surface area (Å²) in [6.45, 7) is 6.65. The monoisotopic (exact) mass is 479 g/mol. The molecule has 2 aliphatic heterocycles. The topological polar surface area (TPSA) is 93.4 Å². The van der Waals surface area contributed by atoms with Crippen molar-refractivity contribution in [3.05, 3.63) is 59.3 Å². The number of ether oxygens (including phenoxy) is 1. The van der Waals surface area contributed by atoms with Gasteiger partial charge in [0.2, 0.25) is 0 Å². The lowest BCUT2D eigenvalue weighted by Gasteiger charge is -2.36. The highest BCUT2D eigenvalue weighted by Gasteiger charge is 2.25. The van der Waals surface area contributed by atoms with Crippen molar-refractivity contribution in [2.45, 2.75) is 26.4 Å². The largest absolute Gasteiger partial charge is 0.382 e. The first kappa shape index (κ1) is 23.2. The number of carbonyl (C=O) groups excluding carboxylic acids is 1. The Morgan fingerprint density at radius 2 is 1.94 bits per heavy atom. The molecule has 3 heterocycles. The van der Waals surface area contributed by atoms with Gasteiger partial charge in [0.15, 0.2) is 0 Å². The first-order chi connectivity index (χ1) is 16.8. The van der Waals surface area contributed by atoms with Gasteiger partial charge in [-0.3, -0.25) is 4.79 Å². The van der Waals surface area contributed by atoms with E-state index in [0.717, 1.165) is 5.69 Å². The van der Waals surface area contributed by atoms with Crippen molar-refractivity contribution in [2.75, 3.05) is 36.9 Å². The van der Waals surface area contributed by atoms with Crippen LogP contribution in [0.1, 0.15) is 29.8 Å². The number of fused-ring (bicyclic) bond motifs is 1. The number of amides is 1. The van der Waals surface area contributed by atoms with Gasteiger partial charge in [-0.1, -0.05) is 13.8 Å². The molecule has 5 rings (SSSR count). The quantitative estimate of drug-likeness (QED) is 0.591. The van der Waals surface area contributed by atoms with E-state index in [2.05, 4.69) is 34.0 Å². The van der Waals surface area contributed by atoms with Gasteiger partial charge in [-0.2, -0.15) is 0 Å². The number of aromatic nitrogens is 2. The van der Waals surface area contributed by atoms with Gasteiger partial charge in [-0.15, -0.1) is 0 Å². The van der Waals surface area contributed by atoms with E-state index in [-0.39, 0.29) is 40.3 Å². The van der Waals surface area contributed by atoms with Crippen LogP contribution in [0.3, 0.4) is 0 Å². The third kappa shape index (κ3) is 4.43. The Balaban J connectivity index is 1.48. The first-order valence-electron chi connectivity index (χ1n) is 11.7. The smallest absolute Gasteiger partial charge is 0.251 e. The average molecular weight is 480 g/mol. The summed E-state index contributed by atoms with van der Waals surface area (Å²) in [5.41, 5.74) is 8.55. The second kappa shape index (κ2) is 9.22. The molecule has 0 spiro atoms. The highest BCUT2D eigenvalue weighted by Crippen LogP contribution is 2.33. The zero-order valence-corrected chi connectivity index (χ0v) is 19.6. The van der Waals surface area contributed by atoms with Crippen LogP contribution in [0.25, 0.3) is 22.5 Å². The highest BCUT2D eigenvalue weighted by molar-refractivity contribution is 5.97. The van der Waals surface area contributed by atoms with Gasteiger partial charge in [-0.05, 0) is 48.2 Å². The minimum absolute atomic E-state index is 0.0259. The molecule has 0 unspecified atom stereocenters.